The standard InChI is InChI=1S/C6H12O2.C3H6.C2H6O2/c1-3-4-5-8-6(2)7;1-3-2;3-1-2-4/h3-5H2,1-2H3;3H,1H2,2H3;3-4H,1-2H2. The molecule has 0 fully saturated rings. The van der Waals surface area contributed by atoms with Crippen LogP contribution in [0.4, 0.5) is 0 Å². The largest absolute Gasteiger partial charge is 0.466 e. The van der Waals surface area contributed by atoms with Gasteiger partial charge >= 0.3 is 5.97 Å². The molecule has 0 aromatic heterocycles. The Bertz CT molecular complexity index is 122. The summed E-state index contributed by atoms with van der Waals surface area (Å²) >= 11 is 0. The minimum atomic E-state index is -0.182. The van der Waals surface area contributed by atoms with Gasteiger partial charge in [-0.05, 0) is 13.3 Å². The van der Waals surface area contributed by atoms with Crippen LogP contribution in [0.1, 0.15) is 33.6 Å². The van der Waals surface area contributed by atoms with Crippen molar-refractivity contribution in [1.82, 2.24) is 0 Å². The van der Waals surface area contributed by atoms with Gasteiger partial charge in [0, 0.05) is 6.92 Å². The van der Waals surface area contributed by atoms with Crippen molar-refractivity contribution in [2.24, 2.45) is 0 Å². The number of carbonyl (C=O) groups is 1. The molecule has 0 aliphatic heterocycles. The summed E-state index contributed by atoms with van der Waals surface area (Å²) < 4.78 is 4.64. The number of esters is 1. The third-order valence-electron chi connectivity index (χ3n) is 0.903. The molecule has 2 N–H and O–H groups in total. The summed E-state index contributed by atoms with van der Waals surface area (Å²) in [6, 6.07) is 0. The van der Waals surface area contributed by atoms with Crippen molar-refractivity contribution in [3.05, 3.63) is 12.7 Å². The van der Waals surface area contributed by atoms with Gasteiger partial charge in [-0.1, -0.05) is 19.4 Å². The molecule has 0 atom stereocenters. The number of rotatable bonds is 4. The normalized spacial score (nSPS) is 7.53. The van der Waals surface area contributed by atoms with Crippen LogP contribution in [0, 0.1) is 0 Å². The van der Waals surface area contributed by atoms with Crippen molar-refractivity contribution >= 4 is 5.97 Å². The second-order valence-electron chi connectivity index (χ2n) is 2.55. The van der Waals surface area contributed by atoms with Crippen LogP contribution < -0.4 is 0 Å². The molecule has 0 rings (SSSR count). The van der Waals surface area contributed by atoms with Crippen LogP contribution in [0.3, 0.4) is 0 Å². The highest BCUT2D eigenvalue weighted by molar-refractivity contribution is 5.65. The molecule has 0 amide bonds. The first-order valence-electron chi connectivity index (χ1n) is 5.02. The first-order chi connectivity index (χ1) is 7.10. The number of carbonyl (C=O) groups excluding carboxylic acids is 1. The zero-order valence-electron chi connectivity index (χ0n) is 10.0. The monoisotopic (exact) mass is 220 g/mol. The molecule has 0 radical (unpaired) electrons. The lowest BCUT2D eigenvalue weighted by Crippen LogP contribution is -1.99. The molecule has 0 spiro atoms. The molecule has 0 aliphatic carbocycles. The van der Waals surface area contributed by atoms with E-state index < -0.39 is 0 Å². The molecule has 15 heavy (non-hydrogen) atoms. The van der Waals surface area contributed by atoms with E-state index >= 15 is 0 Å². The molecule has 92 valence electrons. The van der Waals surface area contributed by atoms with Gasteiger partial charge in [-0.15, -0.1) is 6.58 Å². The Labute approximate surface area is 92.6 Å². The van der Waals surface area contributed by atoms with Gasteiger partial charge in [-0.2, -0.15) is 0 Å². The lowest BCUT2D eigenvalue weighted by atomic mass is 10.4. The molecule has 0 aromatic carbocycles. The van der Waals surface area contributed by atoms with Crippen LogP contribution in [-0.4, -0.2) is 36.0 Å². The molecule has 0 heterocycles. The molecule has 0 unspecified atom stereocenters. The van der Waals surface area contributed by atoms with Crippen LogP contribution in [0.15, 0.2) is 12.7 Å². The van der Waals surface area contributed by atoms with E-state index in [1.165, 1.54) is 6.92 Å². The fourth-order valence-electron chi connectivity index (χ4n) is 0.360. The van der Waals surface area contributed by atoms with Gasteiger partial charge in [0.15, 0.2) is 0 Å². The minimum absolute atomic E-state index is 0.125. The molecule has 0 aromatic rings. The number of hydrogen-bond acceptors (Lipinski definition) is 4. The number of hydrogen-bond donors (Lipinski definition) is 2. The molecule has 0 aliphatic rings. The fourth-order valence-corrected chi connectivity index (χ4v) is 0.360. The second-order valence-corrected chi connectivity index (χ2v) is 2.55. The number of aliphatic hydroxyl groups is 2. The van der Waals surface area contributed by atoms with E-state index in [0.717, 1.165) is 12.8 Å². The van der Waals surface area contributed by atoms with E-state index in [0.29, 0.717) is 6.61 Å². The van der Waals surface area contributed by atoms with Crippen molar-refractivity contribution in [2.45, 2.75) is 33.6 Å². The Morgan fingerprint density at radius 2 is 1.80 bits per heavy atom. The zero-order valence-corrected chi connectivity index (χ0v) is 10.0. The zero-order chi connectivity index (χ0) is 12.5. The SMILES string of the molecule is C=CC.CCCCOC(C)=O.OCCO. The minimum Gasteiger partial charge on any atom is -0.466 e. The molecule has 0 bridgehead atoms. The van der Waals surface area contributed by atoms with E-state index in [9.17, 15) is 4.79 Å². The molecule has 4 heteroatoms. The average Bonchev–Trinajstić information content (AvgIpc) is 2.19. The summed E-state index contributed by atoms with van der Waals surface area (Å²) in [6.07, 6.45) is 3.80. The van der Waals surface area contributed by atoms with Crippen LogP contribution in [0.2, 0.25) is 0 Å². The number of unbranched alkanes of at least 4 members (excludes halogenated alkanes) is 1. The third-order valence-corrected chi connectivity index (χ3v) is 0.903. The van der Waals surface area contributed by atoms with E-state index in [1.807, 2.05) is 6.92 Å². The maximum absolute atomic E-state index is 10.1. The molecular weight excluding hydrogens is 196 g/mol. The third kappa shape index (κ3) is 61.8. The summed E-state index contributed by atoms with van der Waals surface area (Å²) in [6.45, 7) is 9.06. The number of allylic oxidation sites excluding steroid dienone is 1. The van der Waals surface area contributed by atoms with Crippen LogP contribution in [0.25, 0.3) is 0 Å². The second kappa shape index (κ2) is 23.2. The number of ether oxygens (including phenoxy) is 1. The fraction of sp³-hybridized carbons (Fsp3) is 0.727. The maximum atomic E-state index is 10.1. The Morgan fingerprint density at radius 1 is 1.40 bits per heavy atom. The first kappa shape index (κ1) is 19.7. The van der Waals surface area contributed by atoms with Crippen LogP contribution in [-0.2, 0) is 9.53 Å². The van der Waals surface area contributed by atoms with Gasteiger partial charge in [0.1, 0.15) is 0 Å². The predicted molar refractivity (Wildman–Crippen MR) is 61.6 cm³/mol. The molecule has 4 nitrogen and oxygen atoms in total. The van der Waals surface area contributed by atoms with Crippen molar-refractivity contribution in [3.8, 4) is 0 Å². The van der Waals surface area contributed by atoms with Crippen molar-refractivity contribution < 1.29 is 19.7 Å². The van der Waals surface area contributed by atoms with E-state index in [-0.39, 0.29) is 19.2 Å². The summed E-state index contributed by atoms with van der Waals surface area (Å²) in [5.74, 6) is -0.182. The maximum Gasteiger partial charge on any atom is 0.302 e. The van der Waals surface area contributed by atoms with Crippen LogP contribution in [0.5, 0.6) is 0 Å². The Balaban J connectivity index is -0.000000173. The molecule has 0 saturated carbocycles. The smallest absolute Gasteiger partial charge is 0.302 e. The van der Waals surface area contributed by atoms with Gasteiger partial charge < -0.3 is 14.9 Å². The summed E-state index contributed by atoms with van der Waals surface area (Å²) in [5.41, 5.74) is 0. The lowest BCUT2D eigenvalue weighted by Gasteiger charge is -1.96. The van der Waals surface area contributed by atoms with E-state index in [4.69, 9.17) is 10.2 Å². The summed E-state index contributed by atoms with van der Waals surface area (Å²) in [4.78, 5) is 10.1. The summed E-state index contributed by atoms with van der Waals surface area (Å²) in [5, 5.41) is 15.2. The summed E-state index contributed by atoms with van der Waals surface area (Å²) in [7, 11) is 0. The Kier molecular flexibility index (Phi) is 30.4. The topological polar surface area (TPSA) is 66.8 Å². The van der Waals surface area contributed by atoms with Crippen molar-refractivity contribution in [3.63, 3.8) is 0 Å². The van der Waals surface area contributed by atoms with Gasteiger partial charge in [0.05, 0.1) is 19.8 Å². The molecule has 0 saturated heterocycles. The van der Waals surface area contributed by atoms with Gasteiger partial charge in [-0.3, -0.25) is 4.79 Å². The quantitative estimate of drug-likeness (QED) is 0.428. The first-order valence-corrected chi connectivity index (χ1v) is 5.02. The number of aliphatic hydroxyl groups excluding tert-OH is 2. The van der Waals surface area contributed by atoms with Gasteiger partial charge in [-0.25, -0.2) is 0 Å². The highest BCUT2D eigenvalue weighted by Crippen LogP contribution is 1.86. The van der Waals surface area contributed by atoms with E-state index in [1.54, 1.807) is 6.08 Å². The Hall–Kier alpha value is -0.870. The highest BCUT2D eigenvalue weighted by atomic mass is 16.5. The lowest BCUT2D eigenvalue weighted by molar-refractivity contribution is -0.141. The van der Waals surface area contributed by atoms with Crippen molar-refractivity contribution in [2.75, 3.05) is 19.8 Å². The van der Waals surface area contributed by atoms with Crippen LogP contribution >= 0.6 is 0 Å². The highest BCUT2D eigenvalue weighted by Gasteiger charge is 1.88. The van der Waals surface area contributed by atoms with Crippen molar-refractivity contribution in [1.29, 1.82) is 0 Å². The van der Waals surface area contributed by atoms with Gasteiger partial charge in [0.2, 0.25) is 0 Å². The Morgan fingerprint density at radius 3 is 2.00 bits per heavy atom. The van der Waals surface area contributed by atoms with Gasteiger partial charge in [0.25, 0.3) is 0 Å². The average molecular weight is 220 g/mol. The molecular formula is C11H24O4. The predicted octanol–water partition coefficient (Wildman–Crippen LogP) is 1.51. The van der Waals surface area contributed by atoms with E-state index in [2.05, 4.69) is 18.2 Å².